The number of hydrogen-bond acceptors (Lipinski definition) is 3. The minimum atomic E-state index is 0.466. The SMILES string of the molecule is Cc1nc(COc2ccc(Br)c(CCl)c2)sc1C. The van der Waals surface area contributed by atoms with E-state index in [-0.39, 0.29) is 0 Å². The molecule has 0 aliphatic heterocycles. The lowest BCUT2D eigenvalue weighted by Crippen LogP contribution is -1.95. The van der Waals surface area contributed by atoms with Crippen LogP contribution < -0.4 is 4.74 Å². The zero-order chi connectivity index (χ0) is 13.1. The molecule has 0 radical (unpaired) electrons. The van der Waals surface area contributed by atoms with Crippen molar-refractivity contribution in [2.45, 2.75) is 26.3 Å². The first-order valence-electron chi connectivity index (χ1n) is 5.50. The number of nitrogens with zero attached hydrogens (tertiary/aromatic N) is 1. The summed E-state index contributed by atoms with van der Waals surface area (Å²) in [6.07, 6.45) is 0. The lowest BCUT2D eigenvalue weighted by atomic mass is 10.2. The van der Waals surface area contributed by atoms with Crippen molar-refractivity contribution < 1.29 is 4.74 Å². The normalized spacial score (nSPS) is 10.7. The molecule has 5 heteroatoms. The van der Waals surface area contributed by atoms with Crippen LogP contribution in [0.3, 0.4) is 0 Å². The fourth-order valence-electron chi connectivity index (χ4n) is 1.49. The molecule has 2 nitrogen and oxygen atoms in total. The van der Waals surface area contributed by atoms with E-state index in [0.29, 0.717) is 12.5 Å². The van der Waals surface area contributed by atoms with Crippen LogP contribution in [0.2, 0.25) is 0 Å². The molecule has 2 aromatic rings. The molecule has 1 aromatic carbocycles. The second kappa shape index (κ2) is 6.04. The van der Waals surface area contributed by atoms with Crippen LogP contribution in [-0.4, -0.2) is 4.98 Å². The summed E-state index contributed by atoms with van der Waals surface area (Å²) < 4.78 is 6.73. The minimum absolute atomic E-state index is 0.466. The number of ether oxygens (including phenoxy) is 1. The van der Waals surface area contributed by atoms with Crippen molar-refractivity contribution in [1.29, 1.82) is 0 Å². The number of halogens is 2. The zero-order valence-electron chi connectivity index (χ0n) is 10.2. The van der Waals surface area contributed by atoms with Crippen LogP contribution in [0.15, 0.2) is 22.7 Å². The lowest BCUT2D eigenvalue weighted by molar-refractivity contribution is 0.305. The van der Waals surface area contributed by atoms with Crippen molar-refractivity contribution in [2.24, 2.45) is 0 Å². The van der Waals surface area contributed by atoms with Crippen molar-refractivity contribution in [3.8, 4) is 5.75 Å². The summed E-state index contributed by atoms with van der Waals surface area (Å²) in [5, 5.41) is 1.00. The number of alkyl halides is 1. The van der Waals surface area contributed by atoms with Crippen LogP contribution in [0.4, 0.5) is 0 Å². The van der Waals surface area contributed by atoms with Crippen molar-refractivity contribution in [2.75, 3.05) is 0 Å². The minimum Gasteiger partial charge on any atom is -0.486 e. The maximum Gasteiger partial charge on any atom is 0.140 e. The van der Waals surface area contributed by atoms with Crippen molar-refractivity contribution in [1.82, 2.24) is 4.98 Å². The Hall–Kier alpha value is -0.580. The van der Waals surface area contributed by atoms with Gasteiger partial charge in [-0.1, -0.05) is 15.9 Å². The molecule has 18 heavy (non-hydrogen) atoms. The van der Waals surface area contributed by atoms with Gasteiger partial charge in [0.15, 0.2) is 0 Å². The topological polar surface area (TPSA) is 22.1 Å². The molecular formula is C13H13BrClNOS. The molecule has 96 valence electrons. The quantitative estimate of drug-likeness (QED) is 0.739. The lowest BCUT2D eigenvalue weighted by Gasteiger charge is -2.06. The highest BCUT2D eigenvalue weighted by atomic mass is 79.9. The van der Waals surface area contributed by atoms with E-state index < -0.39 is 0 Å². The Morgan fingerprint density at radius 1 is 1.39 bits per heavy atom. The highest BCUT2D eigenvalue weighted by Crippen LogP contribution is 2.25. The van der Waals surface area contributed by atoms with Gasteiger partial charge in [0.25, 0.3) is 0 Å². The zero-order valence-corrected chi connectivity index (χ0v) is 13.3. The number of aryl methyl sites for hydroxylation is 2. The summed E-state index contributed by atoms with van der Waals surface area (Å²) in [5.41, 5.74) is 2.11. The Morgan fingerprint density at radius 2 is 2.17 bits per heavy atom. The predicted molar refractivity (Wildman–Crippen MR) is 79.6 cm³/mol. The third-order valence-corrected chi connectivity index (χ3v) is 4.70. The molecule has 0 saturated carbocycles. The van der Waals surface area contributed by atoms with Crippen LogP contribution in [0.5, 0.6) is 5.75 Å². The standard InChI is InChI=1S/C13H13BrClNOS/c1-8-9(2)18-13(16-8)7-17-11-3-4-12(14)10(5-11)6-15/h3-5H,6-7H2,1-2H3. The van der Waals surface area contributed by atoms with Gasteiger partial charge in [-0.2, -0.15) is 0 Å². The van der Waals surface area contributed by atoms with Gasteiger partial charge in [-0.05, 0) is 37.6 Å². The smallest absolute Gasteiger partial charge is 0.140 e. The molecule has 2 rings (SSSR count). The van der Waals surface area contributed by atoms with Crippen LogP contribution in [0, 0.1) is 13.8 Å². The summed E-state index contributed by atoms with van der Waals surface area (Å²) >= 11 is 11.0. The third-order valence-electron chi connectivity index (χ3n) is 2.60. The molecule has 0 atom stereocenters. The van der Waals surface area contributed by atoms with Gasteiger partial charge in [0.1, 0.15) is 17.4 Å². The van der Waals surface area contributed by atoms with Crippen LogP contribution in [0.25, 0.3) is 0 Å². The van der Waals surface area contributed by atoms with Crippen LogP contribution in [0.1, 0.15) is 21.1 Å². The molecule has 0 saturated heterocycles. The fraction of sp³-hybridized carbons (Fsp3) is 0.308. The summed E-state index contributed by atoms with van der Waals surface area (Å²) in [6, 6.07) is 5.82. The number of rotatable bonds is 4. The molecule has 1 aromatic heterocycles. The Morgan fingerprint density at radius 3 is 2.78 bits per heavy atom. The summed E-state index contributed by atoms with van der Waals surface area (Å²) in [5.74, 6) is 1.28. The van der Waals surface area contributed by atoms with Gasteiger partial charge in [0, 0.05) is 15.2 Å². The Kier molecular flexibility index (Phi) is 4.65. The highest BCUT2D eigenvalue weighted by Gasteiger charge is 2.06. The van der Waals surface area contributed by atoms with Crippen molar-refractivity contribution >= 4 is 38.9 Å². The molecule has 0 amide bonds. The molecule has 0 fully saturated rings. The van der Waals surface area contributed by atoms with Gasteiger partial charge in [-0.15, -0.1) is 22.9 Å². The van der Waals surface area contributed by atoms with E-state index in [1.54, 1.807) is 11.3 Å². The van der Waals surface area contributed by atoms with Gasteiger partial charge < -0.3 is 4.74 Å². The second-order valence-electron chi connectivity index (χ2n) is 3.92. The summed E-state index contributed by atoms with van der Waals surface area (Å²) in [7, 11) is 0. The Balaban J connectivity index is 2.06. The first-order chi connectivity index (χ1) is 8.60. The molecule has 0 aliphatic rings. The Bertz CT molecular complexity index is 536. The highest BCUT2D eigenvalue weighted by molar-refractivity contribution is 9.10. The van der Waals surface area contributed by atoms with Gasteiger partial charge in [-0.25, -0.2) is 4.98 Å². The van der Waals surface area contributed by atoms with Gasteiger partial charge in [0.05, 0.1) is 5.69 Å². The molecule has 0 N–H and O–H groups in total. The van der Waals surface area contributed by atoms with Gasteiger partial charge in [-0.3, -0.25) is 0 Å². The number of aromatic nitrogens is 1. The van der Waals surface area contributed by atoms with Crippen molar-refractivity contribution in [3.63, 3.8) is 0 Å². The predicted octanol–water partition coefficient (Wildman–Crippen LogP) is 4.84. The maximum atomic E-state index is 5.85. The third kappa shape index (κ3) is 3.25. The van der Waals surface area contributed by atoms with Crippen LogP contribution in [-0.2, 0) is 12.5 Å². The van der Waals surface area contributed by atoms with E-state index in [1.165, 1.54) is 4.88 Å². The van der Waals surface area contributed by atoms with E-state index in [9.17, 15) is 0 Å². The van der Waals surface area contributed by atoms with E-state index in [2.05, 4.69) is 27.8 Å². The maximum absolute atomic E-state index is 5.85. The van der Waals surface area contributed by atoms with Crippen LogP contribution >= 0.6 is 38.9 Å². The molecule has 0 spiro atoms. The number of benzene rings is 1. The monoisotopic (exact) mass is 345 g/mol. The summed E-state index contributed by atoms with van der Waals surface area (Å²) in [4.78, 5) is 5.69. The number of thiazole rings is 1. The van der Waals surface area contributed by atoms with E-state index in [0.717, 1.165) is 26.5 Å². The molecule has 0 aliphatic carbocycles. The molecular weight excluding hydrogens is 334 g/mol. The first-order valence-corrected chi connectivity index (χ1v) is 7.64. The molecule has 0 bridgehead atoms. The average Bonchev–Trinajstić information content (AvgIpc) is 2.68. The van der Waals surface area contributed by atoms with E-state index in [1.807, 2.05) is 25.1 Å². The molecule has 1 heterocycles. The van der Waals surface area contributed by atoms with E-state index in [4.69, 9.17) is 16.3 Å². The average molecular weight is 347 g/mol. The summed E-state index contributed by atoms with van der Waals surface area (Å²) in [6.45, 7) is 4.59. The van der Waals surface area contributed by atoms with Gasteiger partial charge in [0.2, 0.25) is 0 Å². The second-order valence-corrected chi connectivity index (χ2v) is 6.33. The molecule has 0 unspecified atom stereocenters. The number of hydrogen-bond donors (Lipinski definition) is 0. The first kappa shape index (κ1) is 13.8. The van der Waals surface area contributed by atoms with E-state index >= 15 is 0 Å². The fourth-order valence-corrected chi connectivity index (χ4v) is 3.11. The Labute approximate surface area is 124 Å². The largest absolute Gasteiger partial charge is 0.486 e. The van der Waals surface area contributed by atoms with Gasteiger partial charge >= 0.3 is 0 Å². The van der Waals surface area contributed by atoms with Crippen molar-refractivity contribution in [3.05, 3.63) is 43.8 Å².